The SMILES string of the molecule is O=C(O)CC1=CN2CN=NC=C2C1. The zero-order chi connectivity index (χ0) is 9.26. The Kier molecular flexibility index (Phi) is 1.84. The highest BCUT2D eigenvalue weighted by Gasteiger charge is 2.20. The smallest absolute Gasteiger partial charge is 0.307 e. The standard InChI is InChI=1S/C8H9N3O2/c12-8(13)2-6-1-7-3-9-10-5-11(7)4-6/h3-4H,1-2,5H2,(H,12,13). The summed E-state index contributed by atoms with van der Waals surface area (Å²) in [5, 5.41) is 16.2. The fourth-order valence-corrected chi connectivity index (χ4v) is 1.45. The van der Waals surface area contributed by atoms with Crippen molar-refractivity contribution in [3.63, 3.8) is 0 Å². The van der Waals surface area contributed by atoms with Crippen LogP contribution in [0, 0.1) is 0 Å². The summed E-state index contributed by atoms with van der Waals surface area (Å²) in [7, 11) is 0. The maximum atomic E-state index is 10.4. The van der Waals surface area contributed by atoms with Crippen LogP contribution < -0.4 is 0 Å². The van der Waals surface area contributed by atoms with Gasteiger partial charge in [0, 0.05) is 18.3 Å². The molecular formula is C8H9N3O2. The lowest BCUT2D eigenvalue weighted by Crippen LogP contribution is -2.13. The lowest BCUT2D eigenvalue weighted by atomic mass is 10.1. The van der Waals surface area contributed by atoms with E-state index in [1.54, 1.807) is 6.20 Å². The molecule has 5 nitrogen and oxygen atoms in total. The molecule has 0 unspecified atom stereocenters. The molecule has 13 heavy (non-hydrogen) atoms. The minimum absolute atomic E-state index is 0.105. The van der Waals surface area contributed by atoms with Crippen molar-refractivity contribution in [2.45, 2.75) is 12.8 Å². The normalized spacial score (nSPS) is 19.5. The summed E-state index contributed by atoms with van der Waals surface area (Å²) in [5.74, 6) is -0.791. The van der Waals surface area contributed by atoms with Gasteiger partial charge in [0.1, 0.15) is 6.67 Å². The molecule has 0 aromatic carbocycles. The number of hydrogen-bond donors (Lipinski definition) is 1. The van der Waals surface area contributed by atoms with Gasteiger partial charge in [-0.2, -0.15) is 10.2 Å². The molecule has 68 valence electrons. The van der Waals surface area contributed by atoms with Gasteiger partial charge in [-0.15, -0.1) is 0 Å². The molecule has 0 atom stereocenters. The minimum atomic E-state index is -0.791. The van der Waals surface area contributed by atoms with Gasteiger partial charge in [0.05, 0.1) is 12.6 Å². The van der Waals surface area contributed by atoms with Crippen molar-refractivity contribution >= 4 is 5.97 Å². The van der Waals surface area contributed by atoms with Crippen molar-refractivity contribution in [2.75, 3.05) is 6.67 Å². The second-order valence-corrected chi connectivity index (χ2v) is 3.02. The average molecular weight is 179 g/mol. The Labute approximate surface area is 75.1 Å². The van der Waals surface area contributed by atoms with E-state index in [9.17, 15) is 4.79 Å². The summed E-state index contributed by atoms with van der Waals surface area (Å²) in [5.41, 5.74) is 1.94. The number of allylic oxidation sites excluding steroid dienone is 1. The maximum Gasteiger partial charge on any atom is 0.307 e. The van der Waals surface area contributed by atoms with Gasteiger partial charge in [-0.05, 0) is 5.57 Å². The second kappa shape index (κ2) is 3.01. The van der Waals surface area contributed by atoms with E-state index in [1.807, 2.05) is 11.1 Å². The van der Waals surface area contributed by atoms with Crippen LogP contribution in [0.1, 0.15) is 12.8 Å². The van der Waals surface area contributed by atoms with Gasteiger partial charge in [0.15, 0.2) is 0 Å². The third-order valence-electron chi connectivity index (χ3n) is 2.00. The van der Waals surface area contributed by atoms with Crippen LogP contribution in [0.2, 0.25) is 0 Å². The fourth-order valence-electron chi connectivity index (χ4n) is 1.45. The van der Waals surface area contributed by atoms with Crippen molar-refractivity contribution < 1.29 is 9.90 Å². The average Bonchev–Trinajstić information content (AvgIpc) is 2.44. The van der Waals surface area contributed by atoms with Crippen LogP contribution in [0.25, 0.3) is 0 Å². The fraction of sp³-hybridized carbons (Fsp3) is 0.375. The summed E-state index contributed by atoms with van der Waals surface area (Å²) in [6.45, 7) is 0.509. The first-order valence-corrected chi connectivity index (χ1v) is 3.99. The van der Waals surface area contributed by atoms with E-state index < -0.39 is 5.97 Å². The number of aliphatic carboxylic acids is 1. The molecule has 0 aromatic heterocycles. The van der Waals surface area contributed by atoms with Gasteiger partial charge < -0.3 is 10.0 Å². The first kappa shape index (κ1) is 7.97. The van der Waals surface area contributed by atoms with Crippen molar-refractivity contribution in [2.24, 2.45) is 10.2 Å². The maximum absolute atomic E-state index is 10.4. The monoisotopic (exact) mass is 179 g/mol. The molecule has 0 bridgehead atoms. The molecule has 0 spiro atoms. The van der Waals surface area contributed by atoms with Gasteiger partial charge in [-0.25, -0.2) is 0 Å². The molecule has 0 aromatic rings. The Morgan fingerprint density at radius 3 is 3.23 bits per heavy atom. The summed E-state index contributed by atoms with van der Waals surface area (Å²) in [6, 6.07) is 0. The van der Waals surface area contributed by atoms with E-state index in [0.29, 0.717) is 13.1 Å². The van der Waals surface area contributed by atoms with Gasteiger partial charge in [0.2, 0.25) is 0 Å². The highest BCUT2D eigenvalue weighted by atomic mass is 16.4. The van der Waals surface area contributed by atoms with Gasteiger partial charge >= 0.3 is 5.97 Å². The van der Waals surface area contributed by atoms with Crippen molar-refractivity contribution in [3.05, 3.63) is 23.7 Å². The predicted octanol–water partition coefficient (Wildman–Crippen LogP) is 1.32. The summed E-state index contributed by atoms with van der Waals surface area (Å²) in [6.07, 6.45) is 4.31. The van der Waals surface area contributed by atoms with E-state index in [4.69, 9.17) is 5.11 Å². The van der Waals surface area contributed by atoms with Gasteiger partial charge in [-0.3, -0.25) is 4.79 Å². The van der Waals surface area contributed by atoms with Crippen LogP contribution in [-0.4, -0.2) is 22.6 Å². The lowest BCUT2D eigenvalue weighted by Gasteiger charge is -2.15. The third-order valence-corrected chi connectivity index (χ3v) is 2.00. The van der Waals surface area contributed by atoms with Crippen LogP contribution in [-0.2, 0) is 4.79 Å². The summed E-state index contributed by atoms with van der Waals surface area (Å²) < 4.78 is 0. The number of nitrogens with zero attached hydrogens (tertiary/aromatic N) is 3. The number of fused-ring (bicyclic) bond motifs is 1. The van der Waals surface area contributed by atoms with E-state index in [1.165, 1.54) is 0 Å². The third kappa shape index (κ3) is 1.58. The molecule has 0 fully saturated rings. The Morgan fingerprint density at radius 1 is 1.69 bits per heavy atom. The van der Waals surface area contributed by atoms with E-state index in [2.05, 4.69) is 10.2 Å². The van der Waals surface area contributed by atoms with Gasteiger partial charge in [0.25, 0.3) is 0 Å². The Morgan fingerprint density at radius 2 is 2.54 bits per heavy atom. The Hall–Kier alpha value is -1.65. The molecule has 0 saturated carbocycles. The molecule has 5 heteroatoms. The number of rotatable bonds is 2. The number of carboxylic acids is 1. The van der Waals surface area contributed by atoms with Crippen LogP contribution in [0.4, 0.5) is 0 Å². The van der Waals surface area contributed by atoms with Gasteiger partial charge in [-0.1, -0.05) is 0 Å². The molecule has 2 aliphatic rings. The van der Waals surface area contributed by atoms with Crippen molar-refractivity contribution in [3.8, 4) is 0 Å². The van der Waals surface area contributed by atoms with Crippen LogP contribution >= 0.6 is 0 Å². The zero-order valence-electron chi connectivity index (χ0n) is 6.97. The predicted molar refractivity (Wildman–Crippen MR) is 44.6 cm³/mol. The molecule has 2 heterocycles. The molecule has 1 N–H and O–H groups in total. The highest BCUT2D eigenvalue weighted by Crippen LogP contribution is 2.28. The zero-order valence-corrected chi connectivity index (χ0v) is 6.97. The molecule has 2 aliphatic heterocycles. The molecule has 0 saturated heterocycles. The van der Waals surface area contributed by atoms with E-state index in [0.717, 1.165) is 11.3 Å². The van der Waals surface area contributed by atoms with Crippen LogP contribution in [0.5, 0.6) is 0 Å². The highest BCUT2D eigenvalue weighted by molar-refractivity contribution is 5.70. The molecular weight excluding hydrogens is 170 g/mol. The lowest BCUT2D eigenvalue weighted by molar-refractivity contribution is -0.136. The van der Waals surface area contributed by atoms with Crippen LogP contribution in [0.3, 0.4) is 0 Å². The van der Waals surface area contributed by atoms with Crippen LogP contribution in [0.15, 0.2) is 33.9 Å². The Balaban J connectivity index is 2.08. The largest absolute Gasteiger partial charge is 0.481 e. The van der Waals surface area contributed by atoms with Crippen molar-refractivity contribution in [1.82, 2.24) is 4.90 Å². The Bertz CT molecular complexity index is 330. The second-order valence-electron chi connectivity index (χ2n) is 3.02. The molecule has 0 amide bonds. The summed E-state index contributed by atoms with van der Waals surface area (Å²) in [4.78, 5) is 12.4. The molecule has 2 rings (SSSR count). The first-order valence-electron chi connectivity index (χ1n) is 3.99. The number of azo groups is 1. The summed E-state index contributed by atoms with van der Waals surface area (Å²) >= 11 is 0. The quantitative estimate of drug-likeness (QED) is 0.695. The molecule has 0 radical (unpaired) electrons. The molecule has 0 aliphatic carbocycles. The number of hydrogen-bond acceptors (Lipinski definition) is 4. The van der Waals surface area contributed by atoms with E-state index in [-0.39, 0.29) is 6.42 Å². The first-order chi connectivity index (χ1) is 6.25. The van der Waals surface area contributed by atoms with Crippen molar-refractivity contribution in [1.29, 1.82) is 0 Å². The van der Waals surface area contributed by atoms with E-state index >= 15 is 0 Å². The number of carboxylic acid groups (broad SMARTS) is 1. The number of carbonyl (C=O) groups is 1. The minimum Gasteiger partial charge on any atom is -0.481 e. The topological polar surface area (TPSA) is 65.3 Å².